The molecule has 1 atom stereocenters. The van der Waals surface area contributed by atoms with Gasteiger partial charge in [-0.15, -0.1) is 11.3 Å². The SMILES string of the molecule is COC(=O)c1ncsc1S(=O)(=O)NCC(O)CC(C)C. The zero-order valence-electron chi connectivity index (χ0n) is 11.5. The van der Waals surface area contributed by atoms with Gasteiger partial charge in [0.1, 0.15) is 0 Å². The highest BCUT2D eigenvalue weighted by molar-refractivity contribution is 7.91. The maximum absolute atomic E-state index is 12.1. The standard InChI is InChI=1S/C11H18N2O5S2/c1-7(2)4-8(14)5-13-20(16,17)11-9(10(15)18-3)12-6-19-11/h6-8,13-14H,4-5H2,1-3H3. The molecule has 9 heteroatoms. The maximum atomic E-state index is 12.1. The van der Waals surface area contributed by atoms with Crippen molar-refractivity contribution in [3.63, 3.8) is 0 Å². The fourth-order valence-corrected chi connectivity index (χ4v) is 3.81. The second-order valence-electron chi connectivity index (χ2n) is 4.62. The average molecular weight is 322 g/mol. The van der Waals surface area contributed by atoms with Crippen molar-refractivity contribution in [3.05, 3.63) is 11.2 Å². The van der Waals surface area contributed by atoms with Crippen LogP contribution in [0.25, 0.3) is 0 Å². The van der Waals surface area contributed by atoms with E-state index in [9.17, 15) is 18.3 Å². The summed E-state index contributed by atoms with van der Waals surface area (Å²) < 4.78 is 30.7. The molecular weight excluding hydrogens is 304 g/mol. The summed E-state index contributed by atoms with van der Waals surface area (Å²) in [5, 5.41) is 9.67. The first-order valence-corrected chi connectivity index (χ1v) is 8.33. The number of hydrogen-bond donors (Lipinski definition) is 2. The maximum Gasteiger partial charge on any atom is 0.358 e. The van der Waals surface area contributed by atoms with Crippen molar-refractivity contribution in [2.45, 2.75) is 30.6 Å². The molecule has 0 aliphatic rings. The fraction of sp³-hybridized carbons (Fsp3) is 0.636. The molecule has 0 aliphatic heterocycles. The molecule has 20 heavy (non-hydrogen) atoms. The Labute approximate surface area is 122 Å². The lowest BCUT2D eigenvalue weighted by atomic mass is 10.1. The summed E-state index contributed by atoms with van der Waals surface area (Å²) in [6, 6.07) is 0. The Hall–Kier alpha value is -1.03. The highest BCUT2D eigenvalue weighted by Crippen LogP contribution is 2.20. The number of carbonyl (C=O) groups excluding carboxylic acids is 1. The van der Waals surface area contributed by atoms with Gasteiger partial charge in [0.05, 0.1) is 18.7 Å². The average Bonchev–Trinajstić information content (AvgIpc) is 2.84. The number of methoxy groups -OCH3 is 1. The molecule has 1 aromatic heterocycles. The van der Waals surface area contributed by atoms with Crippen molar-refractivity contribution in [3.8, 4) is 0 Å². The van der Waals surface area contributed by atoms with Gasteiger partial charge in [-0.1, -0.05) is 13.8 Å². The molecule has 1 unspecified atom stereocenters. The van der Waals surface area contributed by atoms with Gasteiger partial charge in [0.2, 0.25) is 0 Å². The topological polar surface area (TPSA) is 106 Å². The summed E-state index contributed by atoms with van der Waals surface area (Å²) in [6.45, 7) is 3.74. The van der Waals surface area contributed by atoms with E-state index in [2.05, 4.69) is 14.4 Å². The Morgan fingerprint density at radius 3 is 2.75 bits per heavy atom. The van der Waals surface area contributed by atoms with E-state index in [1.54, 1.807) is 0 Å². The lowest BCUT2D eigenvalue weighted by Gasteiger charge is -2.13. The molecule has 0 aliphatic carbocycles. The molecule has 7 nitrogen and oxygen atoms in total. The number of nitrogens with zero attached hydrogens (tertiary/aromatic N) is 1. The van der Waals surface area contributed by atoms with Crippen LogP contribution in [0.1, 0.15) is 30.8 Å². The molecule has 0 radical (unpaired) electrons. The molecule has 1 rings (SSSR count). The summed E-state index contributed by atoms with van der Waals surface area (Å²) in [4.78, 5) is 15.1. The molecule has 0 saturated heterocycles. The number of ether oxygens (including phenoxy) is 1. The van der Waals surface area contributed by atoms with Crippen LogP contribution in [0.5, 0.6) is 0 Å². The number of aromatic nitrogens is 1. The Kier molecular flexibility index (Phi) is 6.06. The van der Waals surface area contributed by atoms with E-state index in [4.69, 9.17) is 0 Å². The quantitative estimate of drug-likeness (QED) is 0.713. The minimum Gasteiger partial charge on any atom is -0.464 e. The van der Waals surface area contributed by atoms with E-state index in [0.29, 0.717) is 6.42 Å². The van der Waals surface area contributed by atoms with Crippen LogP contribution < -0.4 is 4.72 Å². The Morgan fingerprint density at radius 1 is 1.55 bits per heavy atom. The van der Waals surface area contributed by atoms with Gasteiger partial charge in [-0.25, -0.2) is 22.9 Å². The van der Waals surface area contributed by atoms with Crippen molar-refractivity contribution in [1.29, 1.82) is 0 Å². The van der Waals surface area contributed by atoms with E-state index in [-0.39, 0.29) is 22.4 Å². The van der Waals surface area contributed by atoms with Gasteiger partial charge in [0.15, 0.2) is 9.90 Å². The summed E-state index contributed by atoms with van der Waals surface area (Å²) in [5.74, 6) is -0.558. The monoisotopic (exact) mass is 322 g/mol. The van der Waals surface area contributed by atoms with Crippen molar-refractivity contribution in [1.82, 2.24) is 9.71 Å². The number of esters is 1. The molecule has 0 aromatic carbocycles. The number of nitrogens with one attached hydrogen (secondary N) is 1. The van der Waals surface area contributed by atoms with Crippen molar-refractivity contribution < 1.29 is 23.1 Å². The number of hydrogen-bond acceptors (Lipinski definition) is 7. The Morgan fingerprint density at radius 2 is 2.20 bits per heavy atom. The van der Waals surface area contributed by atoms with Gasteiger partial charge in [0.25, 0.3) is 10.0 Å². The number of sulfonamides is 1. The van der Waals surface area contributed by atoms with Crippen LogP contribution in [0, 0.1) is 5.92 Å². The third-order valence-electron chi connectivity index (χ3n) is 2.41. The van der Waals surface area contributed by atoms with Crippen LogP contribution in [0.3, 0.4) is 0 Å². The van der Waals surface area contributed by atoms with Crippen LogP contribution in [0.4, 0.5) is 0 Å². The number of aliphatic hydroxyl groups is 1. The molecule has 0 fully saturated rings. The molecule has 0 bridgehead atoms. The van der Waals surface area contributed by atoms with Gasteiger partial charge in [-0.2, -0.15) is 0 Å². The summed E-state index contributed by atoms with van der Waals surface area (Å²) in [5.41, 5.74) is 1.01. The van der Waals surface area contributed by atoms with E-state index in [1.807, 2.05) is 13.8 Å². The summed E-state index contributed by atoms with van der Waals surface area (Å²) in [6.07, 6.45) is -0.297. The van der Waals surface area contributed by atoms with E-state index < -0.39 is 22.1 Å². The predicted molar refractivity (Wildman–Crippen MR) is 74.1 cm³/mol. The van der Waals surface area contributed by atoms with Gasteiger partial charge in [0, 0.05) is 6.54 Å². The summed E-state index contributed by atoms with van der Waals surface area (Å²) >= 11 is 0.822. The minimum absolute atomic E-state index is 0.112. The molecule has 0 saturated carbocycles. The smallest absolute Gasteiger partial charge is 0.358 e. The van der Waals surface area contributed by atoms with Gasteiger partial charge < -0.3 is 9.84 Å². The predicted octanol–water partition coefficient (Wildman–Crippen LogP) is 0.615. The first-order chi connectivity index (χ1) is 9.27. The van der Waals surface area contributed by atoms with Gasteiger partial charge >= 0.3 is 5.97 Å². The van der Waals surface area contributed by atoms with Crippen molar-refractivity contribution >= 4 is 27.3 Å². The summed E-state index contributed by atoms with van der Waals surface area (Å²) in [7, 11) is -2.74. The van der Waals surface area contributed by atoms with E-state index >= 15 is 0 Å². The minimum atomic E-state index is -3.89. The Balaban J connectivity index is 2.80. The third-order valence-corrected chi connectivity index (χ3v) is 5.20. The second-order valence-corrected chi connectivity index (χ2v) is 7.43. The van der Waals surface area contributed by atoms with Crippen molar-refractivity contribution in [2.24, 2.45) is 5.92 Å². The normalized spacial score (nSPS) is 13.4. The molecule has 0 amide bonds. The lowest BCUT2D eigenvalue weighted by molar-refractivity contribution is 0.0590. The highest BCUT2D eigenvalue weighted by atomic mass is 32.2. The molecular formula is C11H18N2O5S2. The van der Waals surface area contributed by atoms with Crippen LogP contribution >= 0.6 is 11.3 Å². The zero-order chi connectivity index (χ0) is 15.3. The van der Waals surface area contributed by atoms with Gasteiger partial charge in [-0.3, -0.25) is 0 Å². The van der Waals surface area contributed by atoms with Crippen LogP contribution in [-0.2, 0) is 14.8 Å². The van der Waals surface area contributed by atoms with Crippen LogP contribution in [0.15, 0.2) is 9.72 Å². The fourth-order valence-electron chi connectivity index (χ4n) is 1.56. The third kappa shape index (κ3) is 4.51. The highest BCUT2D eigenvalue weighted by Gasteiger charge is 2.26. The molecule has 1 aromatic rings. The first-order valence-electron chi connectivity index (χ1n) is 5.97. The lowest BCUT2D eigenvalue weighted by Crippen LogP contribution is -2.33. The van der Waals surface area contributed by atoms with E-state index in [0.717, 1.165) is 18.4 Å². The van der Waals surface area contributed by atoms with Crippen LogP contribution in [-0.4, -0.2) is 44.2 Å². The largest absolute Gasteiger partial charge is 0.464 e. The number of carbonyl (C=O) groups is 1. The molecule has 114 valence electrons. The second kappa shape index (κ2) is 7.11. The zero-order valence-corrected chi connectivity index (χ0v) is 13.1. The van der Waals surface area contributed by atoms with Crippen molar-refractivity contribution in [2.75, 3.05) is 13.7 Å². The molecule has 0 spiro atoms. The first kappa shape index (κ1) is 17.0. The number of rotatable bonds is 7. The van der Waals surface area contributed by atoms with Crippen LogP contribution in [0.2, 0.25) is 0 Å². The Bertz CT molecular complexity index is 553. The van der Waals surface area contributed by atoms with Gasteiger partial charge in [-0.05, 0) is 12.3 Å². The number of aliphatic hydroxyl groups excluding tert-OH is 1. The number of thiazole rings is 1. The van der Waals surface area contributed by atoms with E-state index in [1.165, 1.54) is 5.51 Å². The molecule has 2 N–H and O–H groups in total. The molecule has 1 heterocycles.